The highest BCUT2D eigenvalue weighted by Crippen LogP contribution is 2.41. The van der Waals surface area contributed by atoms with Crippen molar-refractivity contribution in [1.29, 1.82) is 0 Å². The Morgan fingerprint density at radius 1 is 1.32 bits per heavy atom. The van der Waals surface area contributed by atoms with Crippen LogP contribution in [0, 0.1) is 11.6 Å². The number of benzene rings is 1. The van der Waals surface area contributed by atoms with E-state index in [0.29, 0.717) is 24.4 Å². The molecule has 0 aliphatic carbocycles. The van der Waals surface area contributed by atoms with Crippen LogP contribution in [0.25, 0.3) is 0 Å². The molecule has 4 rings (SSSR count). The fraction of sp³-hybridized carbons (Fsp3) is 0.286. The number of aromatic nitrogens is 1. The summed E-state index contributed by atoms with van der Waals surface area (Å²) in [5.74, 6) is -3.98. The van der Waals surface area contributed by atoms with E-state index >= 15 is 0 Å². The van der Waals surface area contributed by atoms with Gasteiger partial charge in [0.05, 0.1) is 17.1 Å². The van der Waals surface area contributed by atoms with E-state index in [1.54, 1.807) is 11.9 Å². The Hall–Kier alpha value is -3.04. The number of amides is 2. The van der Waals surface area contributed by atoms with Crippen molar-refractivity contribution < 1.29 is 23.5 Å². The van der Waals surface area contributed by atoms with Gasteiger partial charge in [-0.25, -0.2) is 18.8 Å². The Bertz CT molecular complexity index is 1090. The highest BCUT2D eigenvalue weighted by Gasteiger charge is 2.52. The molecule has 3 heterocycles. The third-order valence-corrected chi connectivity index (χ3v) is 5.86. The minimum atomic E-state index is -1.06. The van der Waals surface area contributed by atoms with Gasteiger partial charge in [0.15, 0.2) is 11.6 Å². The smallest absolute Gasteiger partial charge is 0.277 e. The molecule has 0 radical (unpaired) electrons. The Labute approximate surface area is 181 Å². The Kier molecular flexibility index (Phi) is 5.40. The third-order valence-electron chi connectivity index (χ3n) is 5.64. The van der Waals surface area contributed by atoms with Gasteiger partial charge in [-0.05, 0) is 38.0 Å². The van der Waals surface area contributed by atoms with Gasteiger partial charge in [-0.2, -0.15) is 0 Å². The SMILES string of the molecule is C[C@]12CCCN1N(Cc1cccc(F)c1F)C(=O)C(C(=O)Nc1ccc(Cl)cn1)=C2O. The summed E-state index contributed by atoms with van der Waals surface area (Å²) in [5, 5.41) is 16.5. The molecule has 2 aromatic rings. The first kappa shape index (κ1) is 21.2. The summed E-state index contributed by atoms with van der Waals surface area (Å²) in [6.45, 7) is 1.82. The van der Waals surface area contributed by atoms with Gasteiger partial charge in [0.2, 0.25) is 0 Å². The summed E-state index contributed by atoms with van der Waals surface area (Å²) >= 11 is 5.79. The van der Waals surface area contributed by atoms with E-state index in [2.05, 4.69) is 10.3 Å². The van der Waals surface area contributed by atoms with Crippen molar-refractivity contribution >= 4 is 29.2 Å². The summed E-state index contributed by atoms with van der Waals surface area (Å²) in [4.78, 5) is 30.1. The molecule has 1 saturated heterocycles. The predicted octanol–water partition coefficient (Wildman–Crippen LogP) is 3.58. The van der Waals surface area contributed by atoms with Gasteiger partial charge in [-0.3, -0.25) is 14.6 Å². The maximum absolute atomic E-state index is 14.3. The van der Waals surface area contributed by atoms with E-state index in [1.807, 2.05) is 0 Å². The molecule has 31 heavy (non-hydrogen) atoms. The fourth-order valence-corrected chi connectivity index (χ4v) is 4.12. The average Bonchev–Trinajstić information content (AvgIpc) is 3.13. The topological polar surface area (TPSA) is 85.8 Å². The Morgan fingerprint density at radius 2 is 2.10 bits per heavy atom. The summed E-state index contributed by atoms with van der Waals surface area (Å²) in [7, 11) is 0. The first-order chi connectivity index (χ1) is 14.7. The number of fused-ring (bicyclic) bond motifs is 1. The largest absolute Gasteiger partial charge is 0.509 e. The van der Waals surface area contributed by atoms with Crippen LogP contribution in [0.1, 0.15) is 25.3 Å². The van der Waals surface area contributed by atoms with Crippen molar-refractivity contribution in [2.45, 2.75) is 31.8 Å². The molecule has 0 saturated carbocycles. The van der Waals surface area contributed by atoms with E-state index < -0.39 is 34.6 Å². The van der Waals surface area contributed by atoms with E-state index in [0.717, 1.165) is 6.07 Å². The molecule has 1 aromatic heterocycles. The second-order valence-electron chi connectivity index (χ2n) is 7.62. The first-order valence-corrected chi connectivity index (χ1v) is 9.99. The van der Waals surface area contributed by atoms with E-state index in [9.17, 15) is 23.5 Å². The van der Waals surface area contributed by atoms with E-state index in [1.165, 1.54) is 35.5 Å². The van der Waals surface area contributed by atoms with Crippen LogP contribution in [-0.2, 0) is 16.1 Å². The van der Waals surface area contributed by atoms with E-state index in [4.69, 9.17) is 11.6 Å². The van der Waals surface area contributed by atoms with Gasteiger partial charge in [-0.15, -0.1) is 0 Å². The van der Waals surface area contributed by atoms with Gasteiger partial charge in [0, 0.05) is 18.3 Å². The Morgan fingerprint density at radius 3 is 2.81 bits per heavy atom. The predicted molar refractivity (Wildman–Crippen MR) is 109 cm³/mol. The molecule has 10 heteroatoms. The molecule has 162 valence electrons. The van der Waals surface area contributed by atoms with E-state index in [-0.39, 0.29) is 23.7 Å². The second kappa shape index (κ2) is 7.90. The van der Waals surface area contributed by atoms with Crippen LogP contribution in [0.4, 0.5) is 14.6 Å². The molecule has 0 bridgehead atoms. The van der Waals surface area contributed by atoms with Crippen molar-refractivity contribution in [1.82, 2.24) is 15.0 Å². The molecular weight excluding hydrogens is 430 g/mol. The lowest BCUT2D eigenvalue weighted by Crippen LogP contribution is -2.60. The van der Waals surface area contributed by atoms with Crippen LogP contribution in [0.2, 0.25) is 5.02 Å². The molecule has 1 aromatic carbocycles. The number of hydrogen-bond donors (Lipinski definition) is 2. The molecule has 2 N–H and O–H groups in total. The number of aliphatic hydroxyl groups excluding tert-OH is 1. The number of carbonyl (C=O) groups excluding carboxylic acids is 2. The lowest BCUT2D eigenvalue weighted by atomic mass is 9.90. The number of carbonyl (C=O) groups is 2. The van der Waals surface area contributed by atoms with Crippen LogP contribution in [0.15, 0.2) is 47.9 Å². The molecule has 2 amide bonds. The zero-order chi connectivity index (χ0) is 22.3. The maximum atomic E-state index is 14.3. The number of anilines is 1. The summed E-state index contributed by atoms with van der Waals surface area (Å²) < 4.78 is 28.0. The number of pyridine rings is 1. The minimum Gasteiger partial charge on any atom is -0.509 e. The molecule has 1 atom stereocenters. The van der Waals surface area contributed by atoms with Crippen LogP contribution < -0.4 is 5.32 Å². The molecule has 0 unspecified atom stereocenters. The summed E-state index contributed by atoms with van der Waals surface area (Å²) in [5.41, 5.74) is -1.53. The van der Waals surface area contributed by atoms with Gasteiger partial charge in [-0.1, -0.05) is 23.7 Å². The second-order valence-corrected chi connectivity index (χ2v) is 8.05. The highest BCUT2D eigenvalue weighted by molar-refractivity contribution is 6.30. The normalized spacial score (nSPS) is 21.4. The zero-order valence-corrected chi connectivity index (χ0v) is 17.3. The van der Waals surface area contributed by atoms with Crippen LogP contribution in [0.3, 0.4) is 0 Å². The summed E-state index contributed by atoms with van der Waals surface area (Å²) in [6.07, 6.45) is 2.45. The zero-order valence-electron chi connectivity index (χ0n) is 16.5. The molecule has 1 fully saturated rings. The van der Waals surface area contributed by atoms with Gasteiger partial charge in [0.25, 0.3) is 11.8 Å². The number of aliphatic hydroxyl groups is 1. The number of halogens is 3. The average molecular weight is 449 g/mol. The van der Waals surface area contributed by atoms with Crippen molar-refractivity contribution in [3.63, 3.8) is 0 Å². The molecular formula is C21H19ClF2N4O3. The number of hydrazine groups is 1. The molecule has 2 aliphatic heterocycles. The maximum Gasteiger partial charge on any atom is 0.277 e. The van der Waals surface area contributed by atoms with Crippen molar-refractivity contribution in [2.75, 3.05) is 11.9 Å². The van der Waals surface area contributed by atoms with Crippen LogP contribution in [-0.4, -0.2) is 44.0 Å². The number of nitrogens with zero attached hydrogens (tertiary/aromatic N) is 3. The van der Waals surface area contributed by atoms with Crippen molar-refractivity contribution in [3.05, 3.63) is 70.1 Å². The lowest BCUT2D eigenvalue weighted by Gasteiger charge is -2.46. The molecule has 0 spiro atoms. The third kappa shape index (κ3) is 3.64. The Balaban J connectivity index is 1.70. The minimum absolute atomic E-state index is 0.0388. The standard InChI is InChI=1S/C21H19ClF2N4O3/c1-21-8-3-9-28(21)27(11-12-4-2-5-14(23)17(12)24)20(31)16(18(21)29)19(30)26-15-7-6-13(22)10-25-15/h2,4-7,10,29H,3,8-9,11H2,1H3,(H,25,26,30)/t21-/m1/s1. The first-order valence-electron chi connectivity index (χ1n) is 9.61. The molecule has 2 aliphatic rings. The summed E-state index contributed by atoms with van der Waals surface area (Å²) in [6, 6.07) is 6.67. The quantitative estimate of drug-likeness (QED) is 0.698. The van der Waals surface area contributed by atoms with Crippen LogP contribution in [0.5, 0.6) is 0 Å². The number of hydrogen-bond acceptors (Lipinski definition) is 5. The van der Waals surface area contributed by atoms with Gasteiger partial charge < -0.3 is 10.4 Å². The van der Waals surface area contributed by atoms with Gasteiger partial charge >= 0.3 is 0 Å². The number of rotatable bonds is 4. The van der Waals surface area contributed by atoms with Crippen molar-refractivity contribution in [2.24, 2.45) is 0 Å². The number of nitrogens with one attached hydrogen (secondary N) is 1. The van der Waals surface area contributed by atoms with Gasteiger partial charge in [0.1, 0.15) is 17.2 Å². The van der Waals surface area contributed by atoms with Crippen LogP contribution >= 0.6 is 11.6 Å². The lowest BCUT2D eigenvalue weighted by molar-refractivity contribution is -0.160. The highest BCUT2D eigenvalue weighted by atomic mass is 35.5. The molecule has 7 nitrogen and oxygen atoms in total. The van der Waals surface area contributed by atoms with Crippen molar-refractivity contribution in [3.8, 4) is 0 Å². The fourth-order valence-electron chi connectivity index (χ4n) is 4.01. The monoisotopic (exact) mass is 448 g/mol.